The second-order valence-corrected chi connectivity index (χ2v) is 3.39. The average molecular weight is 231 g/mol. The summed E-state index contributed by atoms with van der Waals surface area (Å²) in [6, 6.07) is 4.03. The SMILES string of the molecule is O=C1COc2cc(OC[B-](F)(F)F)ccc21. The minimum absolute atomic E-state index is 0.0488. The maximum Gasteiger partial charge on any atom is 0.515 e. The summed E-state index contributed by atoms with van der Waals surface area (Å²) >= 11 is 0. The van der Waals surface area contributed by atoms with Crippen LogP contribution in [-0.4, -0.2) is 25.9 Å². The number of fused-ring (bicyclic) bond motifs is 1. The highest BCUT2D eigenvalue weighted by molar-refractivity contribution is 6.58. The molecule has 86 valence electrons. The highest BCUT2D eigenvalue weighted by atomic mass is 19.4. The number of hydrogen-bond acceptors (Lipinski definition) is 3. The van der Waals surface area contributed by atoms with Gasteiger partial charge in [0.25, 0.3) is 0 Å². The Morgan fingerprint density at radius 1 is 1.38 bits per heavy atom. The second kappa shape index (κ2) is 3.73. The third kappa shape index (κ3) is 2.29. The summed E-state index contributed by atoms with van der Waals surface area (Å²) in [7, 11) is 0. The van der Waals surface area contributed by atoms with Crippen molar-refractivity contribution >= 4 is 12.8 Å². The number of rotatable bonds is 3. The summed E-state index contributed by atoms with van der Waals surface area (Å²) < 4.78 is 45.3. The number of hydrogen-bond donors (Lipinski definition) is 0. The van der Waals surface area contributed by atoms with Gasteiger partial charge in [-0.05, 0) is 12.1 Å². The van der Waals surface area contributed by atoms with Crippen LogP contribution < -0.4 is 9.47 Å². The molecule has 1 aliphatic heterocycles. The van der Waals surface area contributed by atoms with Gasteiger partial charge in [0.1, 0.15) is 11.5 Å². The van der Waals surface area contributed by atoms with E-state index in [1.54, 1.807) is 0 Å². The standard InChI is InChI=1S/C9H7BF3O3/c11-10(12,13)5-16-6-1-2-7-8(14)4-15-9(7)3-6/h1-3H,4-5H2/q-1. The molecule has 0 aromatic heterocycles. The largest absolute Gasteiger partial charge is 0.522 e. The molecule has 0 N–H and O–H groups in total. The van der Waals surface area contributed by atoms with Crippen LogP contribution in [0.5, 0.6) is 11.5 Å². The predicted octanol–water partition coefficient (Wildman–Crippen LogP) is 2.03. The molecular weight excluding hydrogens is 224 g/mol. The van der Waals surface area contributed by atoms with Crippen LogP contribution in [0.3, 0.4) is 0 Å². The number of carbonyl (C=O) groups excluding carboxylic acids is 1. The van der Waals surface area contributed by atoms with E-state index in [1.807, 2.05) is 0 Å². The molecule has 2 rings (SSSR count). The van der Waals surface area contributed by atoms with Gasteiger partial charge in [0, 0.05) is 6.07 Å². The lowest BCUT2D eigenvalue weighted by molar-refractivity contribution is 0.0961. The van der Waals surface area contributed by atoms with E-state index in [4.69, 9.17) is 4.74 Å². The van der Waals surface area contributed by atoms with E-state index >= 15 is 0 Å². The molecule has 0 unspecified atom stereocenters. The summed E-state index contributed by atoms with van der Waals surface area (Å²) in [5, 5.41) is 0. The molecular formula is C9H7BF3O3-. The Labute approximate surface area is 89.2 Å². The van der Waals surface area contributed by atoms with Gasteiger partial charge in [0.2, 0.25) is 5.78 Å². The first kappa shape index (κ1) is 10.8. The van der Waals surface area contributed by atoms with Crippen LogP contribution in [0.25, 0.3) is 0 Å². The molecule has 0 bridgehead atoms. The van der Waals surface area contributed by atoms with Crippen LogP contribution in [-0.2, 0) is 0 Å². The van der Waals surface area contributed by atoms with E-state index in [9.17, 15) is 17.7 Å². The first-order valence-electron chi connectivity index (χ1n) is 4.59. The maximum absolute atomic E-state index is 11.9. The van der Waals surface area contributed by atoms with Crippen LogP contribution >= 0.6 is 0 Å². The zero-order valence-corrected chi connectivity index (χ0v) is 8.08. The molecule has 16 heavy (non-hydrogen) atoms. The fourth-order valence-electron chi connectivity index (χ4n) is 1.35. The van der Waals surface area contributed by atoms with Gasteiger partial charge in [-0.1, -0.05) is 0 Å². The molecule has 1 heterocycles. The minimum atomic E-state index is -4.98. The summed E-state index contributed by atoms with van der Waals surface area (Å²) in [5.41, 5.74) is 0.380. The minimum Gasteiger partial charge on any atom is -0.522 e. The Bertz CT molecular complexity index is 430. The number of ketones is 1. The van der Waals surface area contributed by atoms with E-state index < -0.39 is 13.5 Å². The van der Waals surface area contributed by atoms with E-state index in [-0.39, 0.29) is 23.9 Å². The van der Waals surface area contributed by atoms with Crippen molar-refractivity contribution in [2.45, 2.75) is 0 Å². The number of ether oxygens (including phenoxy) is 2. The molecule has 0 spiro atoms. The lowest BCUT2D eigenvalue weighted by Crippen LogP contribution is -2.26. The topological polar surface area (TPSA) is 35.5 Å². The molecule has 0 saturated heterocycles. The second-order valence-electron chi connectivity index (χ2n) is 3.39. The Balaban J connectivity index is 2.11. The summed E-state index contributed by atoms with van der Waals surface area (Å²) in [5.74, 6) is 0.145. The van der Waals surface area contributed by atoms with E-state index in [0.717, 1.165) is 0 Å². The zero-order chi connectivity index (χ0) is 11.8. The van der Waals surface area contributed by atoms with Gasteiger partial charge in [0.05, 0.1) is 12.1 Å². The smallest absolute Gasteiger partial charge is 0.515 e. The van der Waals surface area contributed by atoms with Gasteiger partial charge < -0.3 is 22.4 Å². The predicted molar refractivity (Wildman–Crippen MR) is 50.8 cm³/mol. The van der Waals surface area contributed by atoms with Crippen LogP contribution in [0.1, 0.15) is 10.4 Å². The van der Waals surface area contributed by atoms with Gasteiger partial charge in [-0.25, -0.2) is 0 Å². The van der Waals surface area contributed by atoms with Crippen molar-refractivity contribution in [3.8, 4) is 11.5 Å². The molecule has 1 aliphatic rings. The highest BCUT2D eigenvalue weighted by Crippen LogP contribution is 2.29. The summed E-state index contributed by atoms with van der Waals surface area (Å²) in [6.45, 7) is -6.34. The molecule has 1 aromatic carbocycles. The molecule has 7 heteroatoms. The van der Waals surface area contributed by atoms with Crippen molar-refractivity contribution in [1.82, 2.24) is 0 Å². The number of Topliss-reactive ketones (excluding diaryl/α,β-unsaturated/α-hetero) is 1. The monoisotopic (exact) mass is 231 g/mol. The van der Waals surface area contributed by atoms with Gasteiger partial charge in [-0.2, -0.15) is 0 Å². The van der Waals surface area contributed by atoms with Crippen molar-refractivity contribution in [2.75, 3.05) is 13.1 Å². The van der Waals surface area contributed by atoms with Gasteiger partial charge in [-0.3, -0.25) is 4.79 Å². The molecule has 0 amide bonds. The van der Waals surface area contributed by atoms with Crippen molar-refractivity contribution in [3.63, 3.8) is 0 Å². The Hall–Kier alpha value is -1.66. The van der Waals surface area contributed by atoms with E-state index in [0.29, 0.717) is 5.56 Å². The van der Waals surface area contributed by atoms with Crippen LogP contribution in [0.2, 0.25) is 0 Å². The molecule has 1 aromatic rings. The first-order chi connectivity index (χ1) is 7.46. The third-order valence-electron chi connectivity index (χ3n) is 2.05. The van der Waals surface area contributed by atoms with Crippen LogP contribution in [0.15, 0.2) is 18.2 Å². The fraction of sp³-hybridized carbons (Fsp3) is 0.222. The Kier molecular flexibility index (Phi) is 2.53. The molecule has 0 aliphatic carbocycles. The average Bonchev–Trinajstić information content (AvgIpc) is 2.56. The fourth-order valence-corrected chi connectivity index (χ4v) is 1.35. The normalized spacial score (nSPS) is 14.6. The lowest BCUT2D eigenvalue weighted by Gasteiger charge is -2.15. The highest BCUT2D eigenvalue weighted by Gasteiger charge is 2.25. The molecule has 0 fully saturated rings. The lowest BCUT2D eigenvalue weighted by atomic mass is 9.95. The van der Waals surface area contributed by atoms with E-state index in [2.05, 4.69) is 4.74 Å². The third-order valence-corrected chi connectivity index (χ3v) is 2.05. The Morgan fingerprint density at radius 3 is 2.81 bits per heavy atom. The van der Waals surface area contributed by atoms with Crippen LogP contribution in [0, 0.1) is 0 Å². The summed E-state index contributed by atoms with van der Waals surface area (Å²) in [4.78, 5) is 11.2. The molecule has 0 atom stereocenters. The number of carbonyl (C=O) groups is 1. The van der Waals surface area contributed by atoms with Crippen molar-refractivity contribution in [1.29, 1.82) is 0 Å². The quantitative estimate of drug-likeness (QED) is 0.746. The maximum atomic E-state index is 11.9. The zero-order valence-electron chi connectivity index (χ0n) is 8.08. The van der Waals surface area contributed by atoms with Gasteiger partial charge in [0.15, 0.2) is 6.61 Å². The molecule has 3 nitrogen and oxygen atoms in total. The Morgan fingerprint density at radius 2 is 2.12 bits per heavy atom. The number of benzene rings is 1. The number of halogens is 3. The molecule has 0 saturated carbocycles. The van der Waals surface area contributed by atoms with Gasteiger partial charge in [-0.15, -0.1) is 0 Å². The van der Waals surface area contributed by atoms with Crippen molar-refractivity contribution < 1.29 is 27.2 Å². The van der Waals surface area contributed by atoms with Crippen molar-refractivity contribution in [2.24, 2.45) is 0 Å². The van der Waals surface area contributed by atoms with E-state index in [1.165, 1.54) is 18.2 Å². The first-order valence-corrected chi connectivity index (χ1v) is 4.59. The van der Waals surface area contributed by atoms with Crippen LogP contribution in [0.4, 0.5) is 12.9 Å². The van der Waals surface area contributed by atoms with Gasteiger partial charge >= 0.3 is 6.98 Å². The summed E-state index contributed by atoms with van der Waals surface area (Å²) in [6.07, 6.45) is 0. The van der Waals surface area contributed by atoms with Crippen molar-refractivity contribution in [3.05, 3.63) is 23.8 Å². The molecule has 0 radical (unpaired) electrons.